The van der Waals surface area contributed by atoms with E-state index in [9.17, 15) is 10.2 Å². The molecule has 3 heteroatoms. The van der Waals surface area contributed by atoms with Crippen molar-refractivity contribution in [2.24, 2.45) is 17.8 Å². The summed E-state index contributed by atoms with van der Waals surface area (Å²) in [7, 11) is 1.74. The van der Waals surface area contributed by atoms with Crippen molar-refractivity contribution < 1.29 is 14.9 Å². The summed E-state index contributed by atoms with van der Waals surface area (Å²) in [5, 5.41) is 20.9. The average molecular weight is 347 g/mol. The minimum atomic E-state index is -0.210. The Bertz CT molecular complexity index is 556. The van der Waals surface area contributed by atoms with Crippen molar-refractivity contribution in [3.05, 3.63) is 29.3 Å². The van der Waals surface area contributed by atoms with Gasteiger partial charge in [-0.15, -0.1) is 0 Å². The smallest absolute Gasteiger partial charge is 0.122 e. The molecule has 0 amide bonds. The van der Waals surface area contributed by atoms with Gasteiger partial charge in [0.25, 0.3) is 0 Å². The van der Waals surface area contributed by atoms with E-state index in [0.717, 1.165) is 50.7 Å². The lowest BCUT2D eigenvalue weighted by Gasteiger charge is -2.32. The highest BCUT2D eigenvalue weighted by atomic mass is 16.5. The maximum absolute atomic E-state index is 10.6. The van der Waals surface area contributed by atoms with Crippen LogP contribution in [0.25, 0.3) is 0 Å². The molecule has 5 atom stereocenters. The fourth-order valence-corrected chi connectivity index (χ4v) is 5.15. The molecule has 0 bridgehead atoms. The Morgan fingerprint density at radius 2 is 2.04 bits per heavy atom. The maximum Gasteiger partial charge on any atom is 0.122 e. The molecule has 0 spiro atoms. The Hall–Kier alpha value is -1.06. The quantitative estimate of drug-likeness (QED) is 0.696. The van der Waals surface area contributed by atoms with Crippen LogP contribution < -0.4 is 4.74 Å². The summed E-state index contributed by atoms with van der Waals surface area (Å²) in [6.45, 7) is 2.19. The zero-order chi connectivity index (χ0) is 17.8. The Morgan fingerprint density at radius 1 is 1.20 bits per heavy atom. The van der Waals surface area contributed by atoms with Gasteiger partial charge >= 0.3 is 0 Å². The number of benzene rings is 1. The molecule has 0 heterocycles. The summed E-state index contributed by atoms with van der Waals surface area (Å²) in [6, 6.07) is 6.35. The van der Waals surface area contributed by atoms with Crippen LogP contribution in [0.1, 0.15) is 63.0 Å². The molecular weight excluding hydrogens is 312 g/mol. The number of hydrogen-bond donors (Lipinski definition) is 2. The normalized spacial score (nSPS) is 29.1. The van der Waals surface area contributed by atoms with Crippen LogP contribution in [0.3, 0.4) is 0 Å². The van der Waals surface area contributed by atoms with Crippen molar-refractivity contribution in [2.45, 2.75) is 76.9 Å². The molecule has 1 saturated carbocycles. The van der Waals surface area contributed by atoms with Crippen LogP contribution in [0, 0.1) is 17.8 Å². The second-order valence-corrected chi connectivity index (χ2v) is 8.12. The molecule has 3 rings (SSSR count). The van der Waals surface area contributed by atoms with Crippen molar-refractivity contribution in [3.63, 3.8) is 0 Å². The molecule has 0 radical (unpaired) electrons. The Balaban J connectivity index is 1.61. The largest absolute Gasteiger partial charge is 0.496 e. The fourth-order valence-electron chi connectivity index (χ4n) is 5.15. The summed E-state index contributed by atoms with van der Waals surface area (Å²) in [5.41, 5.74) is 2.74. The van der Waals surface area contributed by atoms with E-state index in [1.807, 2.05) is 0 Å². The minimum Gasteiger partial charge on any atom is -0.496 e. The molecule has 2 N–H and O–H groups in total. The van der Waals surface area contributed by atoms with Crippen molar-refractivity contribution in [1.82, 2.24) is 0 Å². The zero-order valence-electron chi connectivity index (χ0n) is 15.8. The van der Waals surface area contributed by atoms with E-state index in [2.05, 4.69) is 25.1 Å². The first-order valence-corrected chi connectivity index (χ1v) is 10.1. The number of aliphatic hydroxyl groups is 2. The van der Waals surface area contributed by atoms with Crippen LogP contribution in [-0.4, -0.2) is 29.5 Å². The lowest BCUT2D eigenvalue weighted by Crippen LogP contribution is -2.28. The third-order valence-electron chi connectivity index (χ3n) is 6.54. The van der Waals surface area contributed by atoms with E-state index in [-0.39, 0.29) is 12.2 Å². The molecule has 1 aromatic carbocycles. The first-order valence-electron chi connectivity index (χ1n) is 10.1. The second kappa shape index (κ2) is 8.55. The first kappa shape index (κ1) is 18.7. The maximum atomic E-state index is 10.6. The molecule has 3 nitrogen and oxygen atoms in total. The van der Waals surface area contributed by atoms with Gasteiger partial charge in [-0.2, -0.15) is 0 Å². The fraction of sp³-hybridized carbons (Fsp3) is 0.727. The molecule has 0 aliphatic heterocycles. The Labute approximate surface area is 152 Å². The standard InChI is InChI=1S/C22H34O3/c1-3-4-5-8-17(23)10-11-18-19-12-15-7-6-9-22(25-2)20(15)13-16(19)14-21(18)24/h6-7,9,16-19,21,23-24H,3-5,8,10-14H2,1-2H3/t16?,17-,18+,19-,21+/m0/s1. The third kappa shape index (κ3) is 4.20. The number of methoxy groups -OCH3 is 1. The van der Waals surface area contributed by atoms with E-state index in [1.165, 1.54) is 24.0 Å². The lowest BCUT2D eigenvalue weighted by molar-refractivity contribution is 0.0869. The Morgan fingerprint density at radius 3 is 2.80 bits per heavy atom. The van der Waals surface area contributed by atoms with Crippen LogP contribution in [0.5, 0.6) is 5.75 Å². The topological polar surface area (TPSA) is 49.7 Å². The van der Waals surface area contributed by atoms with Crippen LogP contribution in [0.2, 0.25) is 0 Å². The van der Waals surface area contributed by atoms with Crippen molar-refractivity contribution >= 4 is 0 Å². The van der Waals surface area contributed by atoms with Crippen molar-refractivity contribution in [2.75, 3.05) is 7.11 Å². The summed E-state index contributed by atoms with van der Waals surface area (Å²) < 4.78 is 5.54. The van der Waals surface area contributed by atoms with Crippen molar-refractivity contribution in [1.29, 1.82) is 0 Å². The highest BCUT2D eigenvalue weighted by Crippen LogP contribution is 2.48. The summed E-state index contributed by atoms with van der Waals surface area (Å²) >= 11 is 0. The lowest BCUT2D eigenvalue weighted by atomic mass is 9.73. The predicted octanol–water partition coefficient (Wildman–Crippen LogP) is 4.13. The van der Waals surface area contributed by atoms with Gasteiger partial charge in [-0.05, 0) is 73.5 Å². The van der Waals surface area contributed by atoms with Gasteiger partial charge in [-0.25, -0.2) is 0 Å². The van der Waals surface area contributed by atoms with Crippen LogP contribution in [0.4, 0.5) is 0 Å². The minimum absolute atomic E-state index is 0.200. The zero-order valence-corrected chi connectivity index (χ0v) is 15.8. The number of hydrogen-bond acceptors (Lipinski definition) is 3. The number of ether oxygens (including phenoxy) is 1. The second-order valence-electron chi connectivity index (χ2n) is 8.12. The summed E-state index contributed by atoms with van der Waals surface area (Å²) in [5.74, 6) is 2.45. The van der Waals surface area contributed by atoms with Gasteiger partial charge in [0.1, 0.15) is 5.75 Å². The molecule has 0 aromatic heterocycles. The molecule has 0 saturated heterocycles. The number of unbranched alkanes of at least 4 members (excludes halogenated alkanes) is 2. The molecule has 2 aliphatic carbocycles. The predicted molar refractivity (Wildman–Crippen MR) is 101 cm³/mol. The number of fused-ring (bicyclic) bond motifs is 2. The molecule has 140 valence electrons. The summed E-state index contributed by atoms with van der Waals surface area (Å²) in [4.78, 5) is 0. The van der Waals surface area contributed by atoms with Gasteiger partial charge in [0.05, 0.1) is 19.3 Å². The van der Waals surface area contributed by atoms with Gasteiger partial charge in [0, 0.05) is 0 Å². The number of aliphatic hydroxyl groups excluding tert-OH is 2. The van der Waals surface area contributed by atoms with Crippen LogP contribution >= 0.6 is 0 Å². The highest BCUT2D eigenvalue weighted by molar-refractivity contribution is 5.43. The van der Waals surface area contributed by atoms with Crippen molar-refractivity contribution in [3.8, 4) is 5.75 Å². The molecule has 1 unspecified atom stereocenters. The van der Waals surface area contributed by atoms with E-state index in [4.69, 9.17) is 4.74 Å². The molecule has 1 aromatic rings. The van der Waals surface area contributed by atoms with E-state index in [0.29, 0.717) is 17.8 Å². The monoisotopic (exact) mass is 346 g/mol. The molecule has 25 heavy (non-hydrogen) atoms. The van der Waals surface area contributed by atoms with Gasteiger partial charge < -0.3 is 14.9 Å². The van der Waals surface area contributed by atoms with E-state index in [1.54, 1.807) is 7.11 Å². The van der Waals surface area contributed by atoms with Gasteiger partial charge in [0.2, 0.25) is 0 Å². The first-order chi connectivity index (χ1) is 12.1. The highest BCUT2D eigenvalue weighted by Gasteiger charge is 2.44. The number of rotatable bonds is 8. The Kier molecular flexibility index (Phi) is 6.40. The van der Waals surface area contributed by atoms with Crippen LogP contribution in [0.15, 0.2) is 18.2 Å². The SMILES string of the molecule is CCCCC[C@H](O)CC[C@H]1[C@H](O)CC2Cc3c(cccc3OC)C[C@@H]21. The van der Waals surface area contributed by atoms with Gasteiger partial charge in [-0.1, -0.05) is 38.3 Å². The van der Waals surface area contributed by atoms with Crippen LogP contribution in [-0.2, 0) is 12.8 Å². The summed E-state index contributed by atoms with van der Waals surface area (Å²) in [6.07, 6.45) is 8.77. The average Bonchev–Trinajstić information content (AvgIpc) is 2.92. The third-order valence-corrected chi connectivity index (χ3v) is 6.54. The van der Waals surface area contributed by atoms with E-state index >= 15 is 0 Å². The van der Waals surface area contributed by atoms with Gasteiger partial charge in [-0.3, -0.25) is 0 Å². The van der Waals surface area contributed by atoms with E-state index < -0.39 is 0 Å². The molecule has 1 fully saturated rings. The van der Waals surface area contributed by atoms with Gasteiger partial charge in [0.15, 0.2) is 0 Å². The molecule has 2 aliphatic rings. The molecular formula is C22H34O3.